The maximum atomic E-state index is 14.1. The van der Waals surface area contributed by atoms with Crippen LogP contribution < -0.4 is 10.1 Å². The molecule has 0 spiro atoms. The smallest absolute Gasteiger partial charge is 0.219 e. The van der Waals surface area contributed by atoms with Gasteiger partial charge in [0.2, 0.25) is 5.91 Å². The minimum atomic E-state index is -2.19. The van der Waals surface area contributed by atoms with Crippen molar-refractivity contribution in [3.05, 3.63) is 48.0 Å². The van der Waals surface area contributed by atoms with Crippen molar-refractivity contribution in [2.24, 2.45) is 4.36 Å². The number of nitrogens with zero attached hydrogens (tertiary/aromatic N) is 4. The first-order valence-electron chi connectivity index (χ1n) is 11.8. The molecule has 1 atom stereocenters. The van der Waals surface area contributed by atoms with Gasteiger partial charge in [-0.2, -0.15) is 4.36 Å². The van der Waals surface area contributed by atoms with E-state index in [9.17, 15) is 13.4 Å². The first-order chi connectivity index (χ1) is 16.8. The number of aryl methyl sites for hydroxylation is 1. The molecule has 2 aliphatic rings. The number of carbonyl (C=O) groups excluding carboxylic acids is 1. The largest absolute Gasteiger partial charge is 0.486 e. The number of benzene rings is 2. The standard InChI is InChI=1S/C25H28FN5O3S/c1-16-11-19(30-35(33)9-3-4-10-35)13-22-24(16)25(28-15-27-22)29-21-6-5-18(26)12-23(21)34-20-7-8-31(14-20)17(2)32/h5-6,11-13,15,20H,3-4,7-10,14H2,1-2H3,(H,27,28,29). The Kier molecular flexibility index (Phi) is 6.31. The van der Waals surface area contributed by atoms with E-state index in [1.54, 1.807) is 11.0 Å². The van der Waals surface area contributed by atoms with E-state index in [0.29, 0.717) is 59.5 Å². The zero-order valence-corrected chi connectivity index (χ0v) is 20.6. The van der Waals surface area contributed by atoms with E-state index in [1.807, 2.05) is 19.1 Å². The topological polar surface area (TPSA) is 96.8 Å². The molecule has 1 amide bonds. The third kappa shape index (κ3) is 5.07. The number of amides is 1. The van der Waals surface area contributed by atoms with Crippen LogP contribution in [-0.2, 0) is 14.5 Å². The Morgan fingerprint density at radius 3 is 2.77 bits per heavy atom. The number of nitrogens with one attached hydrogen (secondary N) is 1. The van der Waals surface area contributed by atoms with Gasteiger partial charge in [-0.15, -0.1) is 0 Å². The van der Waals surface area contributed by atoms with E-state index in [0.717, 1.165) is 23.8 Å². The van der Waals surface area contributed by atoms with Crippen LogP contribution in [0.25, 0.3) is 10.9 Å². The van der Waals surface area contributed by atoms with Gasteiger partial charge in [0.15, 0.2) is 0 Å². The summed E-state index contributed by atoms with van der Waals surface area (Å²) in [4.78, 5) is 22.2. The van der Waals surface area contributed by atoms with Gasteiger partial charge in [-0.1, -0.05) is 0 Å². The zero-order chi connectivity index (χ0) is 24.6. The van der Waals surface area contributed by atoms with Gasteiger partial charge in [0.25, 0.3) is 0 Å². The predicted octanol–water partition coefficient (Wildman–Crippen LogP) is 4.71. The first kappa shape index (κ1) is 23.5. The highest BCUT2D eigenvalue weighted by Gasteiger charge is 2.26. The van der Waals surface area contributed by atoms with E-state index in [4.69, 9.17) is 4.74 Å². The van der Waals surface area contributed by atoms with Crippen LogP contribution in [0.3, 0.4) is 0 Å². The molecular weight excluding hydrogens is 469 g/mol. The molecule has 1 aromatic heterocycles. The number of hydrogen-bond acceptors (Lipinski definition) is 7. The minimum Gasteiger partial charge on any atom is -0.486 e. The molecule has 184 valence electrons. The van der Waals surface area contributed by atoms with Crippen LogP contribution in [0.15, 0.2) is 41.0 Å². The number of likely N-dealkylation sites (tertiary alicyclic amines) is 1. The Hall–Kier alpha value is -3.27. The lowest BCUT2D eigenvalue weighted by molar-refractivity contribution is -0.128. The van der Waals surface area contributed by atoms with E-state index in [2.05, 4.69) is 19.6 Å². The molecule has 3 heterocycles. The van der Waals surface area contributed by atoms with E-state index in [1.165, 1.54) is 25.4 Å². The number of hydrogen-bond donors (Lipinski definition) is 1. The summed E-state index contributed by atoms with van der Waals surface area (Å²) < 4.78 is 37.7. The monoisotopic (exact) mass is 497 g/mol. The number of carbonyl (C=O) groups is 1. The second-order valence-electron chi connectivity index (χ2n) is 9.12. The average molecular weight is 498 g/mol. The van der Waals surface area contributed by atoms with Gasteiger partial charge in [0, 0.05) is 42.8 Å². The molecule has 3 aromatic rings. The second kappa shape index (κ2) is 9.41. The Morgan fingerprint density at radius 1 is 1.23 bits per heavy atom. The van der Waals surface area contributed by atoms with Crippen LogP contribution in [-0.4, -0.2) is 55.7 Å². The number of aromatic nitrogens is 2. The van der Waals surface area contributed by atoms with Crippen molar-refractivity contribution in [2.45, 2.75) is 39.2 Å². The van der Waals surface area contributed by atoms with Crippen molar-refractivity contribution in [1.82, 2.24) is 14.9 Å². The zero-order valence-electron chi connectivity index (χ0n) is 19.8. The van der Waals surface area contributed by atoms with Crippen molar-refractivity contribution in [2.75, 3.05) is 29.9 Å². The summed E-state index contributed by atoms with van der Waals surface area (Å²) in [7, 11) is -2.19. The van der Waals surface area contributed by atoms with E-state index in [-0.39, 0.29) is 12.0 Å². The third-order valence-electron chi connectivity index (χ3n) is 6.45. The van der Waals surface area contributed by atoms with Gasteiger partial charge in [-0.25, -0.2) is 18.6 Å². The summed E-state index contributed by atoms with van der Waals surface area (Å²) >= 11 is 0. The van der Waals surface area contributed by atoms with Gasteiger partial charge in [-0.3, -0.25) is 4.79 Å². The van der Waals surface area contributed by atoms with Crippen LogP contribution in [0.5, 0.6) is 5.75 Å². The van der Waals surface area contributed by atoms with Crippen LogP contribution in [0, 0.1) is 12.7 Å². The van der Waals surface area contributed by atoms with Crippen molar-refractivity contribution in [1.29, 1.82) is 0 Å². The molecular formula is C25H28FN5O3S. The molecule has 8 nitrogen and oxygen atoms in total. The molecule has 2 saturated heterocycles. The SMILES string of the molecule is CC(=O)N1CCC(Oc2cc(F)ccc2Nc2ncnc3cc(N=S4(=O)CCCC4)cc(C)c23)C1. The van der Waals surface area contributed by atoms with Crippen molar-refractivity contribution >= 4 is 43.7 Å². The highest BCUT2D eigenvalue weighted by atomic mass is 32.2. The summed E-state index contributed by atoms with van der Waals surface area (Å²) in [6, 6.07) is 8.04. The maximum Gasteiger partial charge on any atom is 0.219 e. The van der Waals surface area contributed by atoms with Crippen LogP contribution in [0.1, 0.15) is 31.7 Å². The lowest BCUT2D eigenvalue weighted by Gasteiger charge is -2.19. The molecule has 2 aromatic carbocycles. The van der Waals surface area contributed by atoms with Crippen LogP contribution >= 0.6 is 0 Å². The van der Waals surface area contributed by atoms with E-state index < -0.39 is 15.5 Å². The van der Waals surface area contributed by atoms with Crippen molar-refractivity contribution < 1.29 is 18.1 Å². The normalized spacial score (nSPS) is 19.2. The Bertz CT molecular complexity index is 1410. The number of ether oxygens (including phenoxy) is 1. The summed E-state index contributed by atoms with van der Waals surface area (Å²) in [6.45, 7) is 4.56. The number of halogens is 1. The van der Waals surface area contributed by atoms with Crippen molar-refractivity contribution in [3.63, 3.8) is 0 Å². The number of fused-ring (bicyclic) bond motifs is 1. The van der Waals surface area contributed by atoms with Gasteiger partial charge in [0.1, 0.15) is 29.8 Å². The second-order valence-corrected chi connectivity index (χ2v) is 11.7. The highest BCUT2D eigenvalue weighted by molar-refractivity contribution is 7.93. The fourth-order valence-corrected chi connectivity index (χ4v) is 6.86. The van der Waals surface area contributed by atoms with Gasteiger partial charge >= 0.3 is 0 Å². The molecule has 2 fully saturated rings. The lowest BCUT2D eigenvalue weighted by Crippen LogP contribution is -2.28. The van der Waals surface area contributed by atoms with Gasteiger partial charge in [-0.05, 0) is 49.6 Å². The molecule has 35 heavy (non-hydrogen) atoms. The molecule has 0 aliphatic carbocycles. The fourth-order valence-electron chi connectivity index (χ4n) is 4.68. The first-order valence-corrected chi connectivity index (χ1v) is 13.6. The van der Waals surface area contributed by atoms with Crippen LogP contribution in [0.4, 0.5) is 21.6 Å². The molecule has 1 unspecified atom stereocenters. The quantitative estimate of drug-likeness (QED) is 0.548. The minimum absolute atomic E-state index is 0.000145. The molecule has 0 saturated carbocycles. The summed E-state index contributed by atoms with van der Waals surface area (Å²) in [5.74, 6) is 1.77. The lowest BCUT2D eigenvalue weighted by atomic mass is 10.1. The maximum absolute atomic E-state index is 14.1. The van der Waals surface area contributed by atoms with Crippen LogP contribution in [0.2, 0.25) is 0 Å². The number of rotatable bonds is 5. The molecule has 5 rings (SSSR count). The molecule has 2 aliphatic heterocycles. The Balaban J connectivity index is 1.46. The molecule has 0 radical (unpaired) electrons. The Morgan fingerprint density at radius 2 is 2.03 bits per heavy atom. The summed E-state index contributed by atoms with van der Waals surface area (Å²) in [5, 5.41) is 4.08. The van der Waals surface area contributed by atoms with E-state index >= 15 is 0 Å². The molecule has 0 bridgehead atoms. The summed E-state index contributed by atoms with van der Waals surface area (Å²) in [5.41, 5.74) is 2.80. The highest BCUT2D eigenvalue weighted by Crippen LogP contribution is 2.35. The fraction of sp³-hybridized carbons (Fsp3) is 0.400. The average Bonchev–Trinajstić information content (AvgIpc) is 3.45. The summed E-state index contributed by atoms with van der Waals surface area (Å²) in [6.07, 6.45) is 3.81. The number of anilines is 2. The molecule has 1 N–H and O–H groups in total. The van der Waals surface area contributed by atoms with Gasteiger partial charge < -0.3 is 15.0 Å². The Labute approximate surface area is 204 Å². The third-order valence-corrected chi connectivity index (χ3v) is 8.85. The van der Waals surface area contributed by atoms with Crippen molar-refractivity contribution in [3.8, 4) is 5.75 Å². The molecule has 10 heteroatoms. The predicted molar refractivity (Wildman–Crippen MR) is 134 cm³/mol. The van der Waals surface area contributed by atoms with Gasteiger partial charge in [0.05, 0.1) is 33.2 Å².